The first-order valence-corrected chi connectivity index (χ1v) is 22.2. The average Bonchev–Trinajstić information content (AvgIpc) is 2.05. The predicted octanol–water partition coefficient (Wildman–Crippen LogP) is 5.68. The van der Waals surface area contributed by atoms with Gasteiger partial charge in [0.2, 0.25) is 0 Å². The Bertz CT molecular complexity index is 103. The number of halogens is 2. The molecule has 0 aliphatic heterocycles. The molecule has 0 saturated heterocycles. The zero-order valence-corrected chi connectivity index (χ0v) is 15.5. The van der Waals surface area contributed by atoms with Gasteiger partial charge in [0.25, 0.3) is 0 Å². The molecular weight excluding hydrogens is 502 g/mol. The summed E-state index contributed by atoms with van der Waals surface area (Å²) in [4.78, 5) is 0. The van der Waals surface area contributed by atoms with Crippen molar-refractivity contribution in [3.63, 3.8) is 0 Å². The molecule has 0 N–H and O–H groups in total. The molecule has 0 spiro atoms. The van der Waals surface area contributed by atoms with Crippen LogP contribution in [0.25, 0.3) is 0 Å². The van der Waals surface area contributed by atoms with Crippen molar-refractivity contribution in [2.24, 2.45) is 0 Å². The minimum atomic E-state index is -1.35. The third-order valence-corrected chi connectivity index (χ3v) is 19.0. The Kier molecular flexibility index (Phi) is 11.1. The van der Waals surface area contributed by atoms with Crippen molar-refractivity contribution in [1.29, 1.82) is 0 Å². The van der Waals surface area contributed by atoms with E-state index in [9.17, 15) is 0 Å². The van der Waals surface area contributed by atoms with Crippen LogP contribution in [0.4, 0.5) is 0 Å². The zero-order chi connectivity index (χ0) is 10.2. The topological polar surface area (TPSA) is 0 Å². The number of rotatable bonds is 8. The molecule has 0 saturated carbocycles. The molecule has 13 heavy (non-hydrogen) atoms. The van der Waals surface area contributed by atoms with E-state index in [1.165, 1.54) is 38.5 Å². The first-order valence-electron chi connectivity index (χ1n) is 5.30. The van der Waals surface area contributed by atoms with Gasteiger partial charge in [0.1, 0.15) is 0 Å². The second kappa shape index (κ2) is 9.47. The molecule has 82 valence electrons. The van der Waals surface area contributed by atoms with Crippen LogP contribution in [0.5, 0.6) is 0 Å². The summed E-state index contributed by atoms with van der Waals surface area (Å²) in [5.41, 5.74) is 0. The molecule has 0 bridgehead atoms. The molecule has 0 radical (unpaired) electrons. The van der Waals surface area contributed by atoms with Gasteiger partial charge < -0.3 is 0 Å². The second-order valence-electron chi connectivity index (χ2n) is 3.52. The van der Waals surface area contributed by atoms with E-state index in [1.54, 1.807) is 8.94 Å². The van der Waals surface area contributed by atoms with Crippen molar-refractivity contribution in [2.45, 2.75) is 61.3 Å². The van der Waals surface area contributed by atoms with Crippen LogP contribution < -0.4 is 0 Å². The quantitative estimate of drug-likeness (QED) is 0.218. The molecule has 0 aromatic rings. The van der Waals surface area contributed by atoms with Crippen molar-refractivity contribution in [2.75, 3.05) is 0 Å². The van der Waals surface area contributed by atoms with Gasteiger partial charge in [-0.25, -0.2) is 0 Å². The van der Waals surface area contributed by atoms with Crippen molar-refractivity contribution >= 4 is 47.7 Å². The van der Waals surface area contributed by atoms with Crippen LogP contribution in [0.2, 0.25) is 8.94 Å². The van der Waals surface area contributed by atoms with E-state index in [-0.39, 0.29) is 0 Å². The normalized spacial score (nSPS) is 13.2. The van der Waals surface area contributed by atoms with Gasteiger partial charge in [0.15, 0.2) is 0 Å². The van der Waals surface area contributed by atoms with Crippen LogP contribution in [0.3, 0.4) is 0 Å². The summed E-state index contributed by atoms with van der Waals surface area (Å²) < 4.78 is 3.17. The molecule has 3 heteroatoms. The van der Waals surface area contributed by atoms with Gasteiger partial charge in [-0.05, 0) is 0 Å². The van der Waals surface area contributed by atoms with Crippen molar-refractivity contribution in [1.82, 2.24) is 0 Å². The van der Waals surface area contributed by atoms with E-state index in [0.717, 1.165) is 0 Å². The van der Waals surface area contributed by atoms with E-state index in [1.807, 2.05) is 0 Å². The Morgan fingerprint density at radius 1 is 0.769 bits per heavy atom. The van der Waals surface area contributed by atoms with E-state index in [2.05, 4.69) is 51.2 Å². The fourth-order valence-corrected chi connectivity index (χ4v) is 13.7. The van der Waals surface area contributed by atoms with Crippen LogP contribution in [-0.4, -0.2) is 10.3 Å². The van der Waals surface area contributed by atoms with Gasteiger partial charge in [-0.15, -0.1) is 0 Å². The van der Waals surface area contributed by atoms with Gasteiger partial charge in [-0.2, -0.15) is 0 Å². The summed E-state index contributed by atoms with van der Waals surface area (Å²) in [6.07, 6.45) is 8.65. The summed E-state index contributed by atoms with van der Waals surface area (Å²) in [5.74, 6) is 0. The van der Waals surface area contributed by atoms with Gasteiger partial charge in [0.05, 0.1) is 0 Å². The Labute approximate surface area is 107 Å². The van der Waals surface area contributed by atoms with Gasteiger partial charge in [-0.3, -0.25) is 0 Å². The summed E-state index contributed by atoms with van der Waals surface area (Å²) in [6, 6.07) is 0. The second-order valence-corrected chi connectivity index (χ2v) is 43.8. The SMILES string of the molecule is CCCCC[Te](I)(I)CCCCC. The summed E-state index contributed by atoms with van der Waals surface area (Å²) in [7, 11) is -1.35. The van der Waals surface area contributed by atoms with E-state index < -0.39 is 10.3 Å². The molecule has 0 unspecified atom stereocenters. The molecule has 0 amide bonds. The van der Waals surface area contributed by atoms with E-state index in [4.69, 9.17) is 0 Å². The van der Waals surface area contributed by atoms with Crippen LogP contribution >= 0.6 is 37.4 Å². The predicted molar refractivity (Wildman–Crippen MR) is 82.5 cm³/mol. The van der Waals surface area contributed by atoms with Gasteiger partial charge in [-0.1, -0.05) is 0 Å². The first-order chi connectivity index (χ1) is 6.12. The Morgan fingerprint density at radius 3 is 1.46 bits per heavy atom. The van der Waals surface area contributed by atoms with Crippen molar-refractivity contribution in [3.05, 3.63) is 0 Å². The molecular formula is C10H22I2Te. The molecule has 0 atom stereocenters. The average molecular weight is 524 g/mol. The van der Waals surface area contributed by atoms with E-state index >= 15 is 0 Å². The number of hydrogen-bond donors (Lipinski definition) is 0. The monoisotopic (exact) mass is 526 g/mol. The number of hydrogen-bond acceptors (Lipinski definition) is 0. The standard InChI is InChI=1S/C10H22I2Te/c1-3-5-7-9-13(11,12)10-8-6-4-2/h3-10H2,1-2H3. The van der Waals surface area contributed by atoms with E-state index in [0.29, 0.717) is 0 Å². The molecule has 0 aliphatic rings. The fraction of sp³-hybridized carbons (Fsp3) is 1.00. The van der Waals surface area contributed by atoms with Crippen LogP contribution in [0.1, 0.15) is 52.4 Å². The van der Waals surface area contributed by atoms with Crippen molar-refractivity contribution in [3.8, 4) is 0 Å². The molecule has 0 aliphatic carbocycles. The molecule has 0 fully saturated rings. The van der Waals surface area contributed by atoms with Gasteiger partial charge in [0, 0.05) is 0 Å². The maximum absolute atomic E-state index is 2.83. The minimum absolute atomic E-state index is 1.35. The third-order valence-electron chi connectivity index (χ3n) is 2.09. The van der Waals surface area contributed by atoms with Crippen LogP contribution in [0.15, 0.2) is 0 Å². The molecule has 0 aromatic carbocycles. The molecule has 0 rings (SSSR count). The Balaban J connectivity index is 3.42. The summed E-state index contributed by atoms with van der Waals surface area (Å²) >= 11 is 5.66. The van der Waals surface area contributed by atoms with Crippen molar-refractivity contribution < 1.29 is 0 Å². The summed E-state index contributed by atoms with van der Waals surface area (Å²) in [5, 5.41) is 0. The Hall–Kier alpha value is 2.25. The van der Waals surface area contributed by atoms with Crippen LogP contribution in [0, 0.1) is 0 Å². The maximum atomic E-state index is 2.83. The first kappa shape index (κ1) is 15.2. The molecule has 0 nitrogen and oxygen atoms in total. The number of unbranched alkanes of at least 4 members (excludes halogenated alkanes) is 4. The molecule has 0 heterocycles. The summed E-state index contributed by atoms with van der Waals surface area (Å²) in [6.45, 7) is 4.60. The van der Waals surface area contributed by atoms with Gasteiger partial charge >= 0.3 is 109 Å². The fourth-order valence-electron chi connectivity index (χ4n) is 1.23. The zero-order valence-electron chi connectivity index (χ0n) is 8.82. The third kappa shape index (κ3) is 10.5. The Morgan fingerprint density at radius 2 is 1.15 bits per heavy atom. The van der Waals surface area contributed by atoms with Crippen LogP contribution in [-0.2, 0) is 0 Å². The molecule has 0 aromatic heterocycles.